The van der Waals surface area contributed by atoms with Gasteiger partial charge in [-0.2, -0.15) is 4.31 Å². The highest BCUT2D eigenvalue weighted by Gasteiger charge is 2.31. The van der Waals surface area contributed by atoms with Crippen molar-refractivity contribution in [1.82, 2.24) is 9.21 Å². The van der Waals surface area contributed by atoms with Gasteiger partial charge in [0.05, 0.1) is 10.5 Å². The average molecular weight is 398 g/mol. The van der Waals surface area contributed by atoms with Crippen molar-refractivity contribution in [2.75, 3.05) is 32.8 Å². The Bertz CT molecular complexity index is 1020. The highest BCUT2D eigenvalue weighted by atomic mass is 32.2. The number of carbonyl (C=O) groups is 1. The molecular weight excluding hydrogens is 376 g/mol. The predicted molar refractivity (Wildman–Crippen MR) is 106 cm³/mol. The summed E-state index contributed by atoms with van der Waals surface area (Å²) in [4.78, 5) is 14.8. The normalized spacial score (nSPS) is 17.5. The van der Waals surface area contributed by atoms with Crippen LogP contribution in [0.1, 0.15) is 11.1 Å². The van der Waals surface area contributed by atoms with E-state index in [4.69, 9.17) is 4.74 Å². The number of aryl methyl sites for hydroxylation is 1. The van der Waals surface area contributed by atoms with Gasteiger partial charge in [0.2, 0.25) is 10.0 Å². The summed E-state index contributed by atoms with van der Waals surface area (Å²) in [5.74, 6) is 0.676. The molecule has 0 atom stereocenters. The number of hydrogen-bond acceptors (Lipinski definition) is 4. The minimum Gasteiger partial charge on any atom is -0.488 e. The fourth-order valence-electron chi connectivity index (χ4n) is 3.43. The highest BCUT2D eigenvalue weighted by molar-refractivity contribution is 7.89. The van der Waals surface area contributed by atoms with Crippen LogP contribution in [0.2, 0.25) is 0 Å². The van der Waals surface area contributed by atoms with E-state index in [-0.39, 0.29) is 30.5 Å². The molecule has 6 nitrogen and oxygen atoms in total. The van der Waals surface area contributed by atoms with Gasteiger partial charge < -0.3 is 9.64 Å². The molecule has 1 amide bonds. The number of hydrogen-bond donors (Lipinski definition) is 0. The molecule has 7 heteroatoms. The van der Waals surface area contributed by atoms with E-state index < -0.39 is 10.0 Å². The molecule has 0 spiro atoms. The first kappa shape index (κ1) is 18.7. The highest BCUT2D eigenvalue weighted by Crippen LogP contribution is 2.27. The second kappa shape index (κ2) is 7.41. The van der Waals surface area contributed by atoms with Gasteiger partial charge in [0.1, 0.15) is 12.4 Å². The van der Waals surface area contributed by atoms with Crippen LogP contribution >= 0.6 is 0 Å². The minimum atomic E-state index is -3.54. The standard InChI is InChI=1S/C21H22N2O4S/c1-16-6-8-19(9-7-16)28(25,26)23-12-10-22(11-13-23)21(24)18-14-17-4-2-3-5-20(17)27-15-18/h2-9,14H,10-13,15H2,1H3. The molecule has 0 bridgehead atoms. The van der Waals surface area contributed by atoms with Gasteiger partial charge in [0, 0.05) is 31.7 Å². The van der Waals surface area contributed by atoms with Crippen molar-refractivity contribution in [2.45, 2.75) is 11.8 Å². The number of nitrogens with zero attached hydrogens (tertiary/aromatic N) is 2. The quantitative estimate of drug-likeness (QED) is 0.796. The number of amides is 1. The maximum atomic E-state index is 12.8. The van der Waals surface area contributed by atoms with E-state index in [2.05, 4.69) is 0 Å². The Morgan fingerprint density at radius 3 is 2.36 bits per heavy atom. The Hall–Kier alpha value is -2.64. The van der Waals surface area contributed by atoms with Crippen LogP contribution in [-0.4, -0.2) is 56.3 Å². The van der Waals surface area contributed by atoms with Crippen LogP contribution in [0.25, 0.3) is 6.08 Å². The largest absolute Gasteiger partial charge is 0.488 e. The van der Waals surface area contributed by atoms with Gasteiger partial charge in [0.25, 0.3) is 5.91 Å². The first-order valence-electron chi connectivity index (χ1n) is 9.24. The maximum absolute atomic E-state index is 12.8. The zero-order valence-corrected chi connectivity index (χ0v) is 16.5. The van der Waals surface area contributed by atoms with Gasteiger partial charge in [-0.3, -0.25) is 4.79 Å². The lowest BCUT2D eigenvalue weighted by Crippen LogP contribution is -2.51. The number of ether oxygens (including phenoxy) is 1. The number of piperazine rings is 1. The van der Waals surface area contributed by atoms with Crippen molar-refractivity contribution in [3.63, 3.8) is 0 Å². The van der Waals surface area contributed by atoms with Crippen LogP contribution in [0, 0.1) is 6.92 Å². The Kier molecular flexibility index (Phi) is 4.95. The monoisotopic (exact) mass is 398 g/mol. The lowest BCUT2D eigenvalue weighted by molar-refractivity contribution is -0.128. The third-order valence-electron chi connectivity index (χ3n) is 5.09. The summed E-state index contributed by atoms with van der Waals surface area (Å²) in [5.41, 5.74) is 2.49. The number of sulfonamides is 1. The molecule has 2 heterocycles. The van der Waals surface area contributed by atoms with Crippen molar-refractivity contribution in [1.29, 1.82) is 0 Å². The van der Waals surface area contributed by atoms with Gasteiger partial charge in [-0.05, 0) is 31.2 Å². The van der Waals surface area contributed by atoms with E-state index >= 15 is 0 Å². The zero-order valence-electron chi connectivity index (χ0n) is 15.7. The molecule has 2 aliphatic rings. The Morgan fingerprint density at radius 1 is 0.964 bits per heavy atom. The van der Waals surface area contributed by atoms with Crippen LogP contribution in [0.3, 0.4) is 0 Å². The van der Waals surface area contributed by atoms with Crippen LogP contribution in [0.15, 0.2) is 59.0 Å². The number of benzene rings is 2. The van der Waals surface area contributed by atoms with Gasteiger partial charge >= 0.3 is 0 Å². The third-order valence-corrected chi connectivity index (χ3v) is 7.00. The fourth-order valence-corrected chi connectivity index (χ4v) is 4.86. The van der Waals surface area contributed by atoms with Crippen molar-refractivity contribution in [3.05, 3.63) is 65.2 Å². The molecule has 0 unspecified atom stereocenters. The molecule has 0 aromatic heterocycles. The molecule has 2 aromatic rings. The molecule has 28 heavy (non-hydrogen) atoms. The molecule has 0 N–H and O–H groups in total. The van der Waals surface area contributed by atoms with E-state index in [1.54, 1.807) is 29.2 Å². The van der Waals surface area contributed by atoms with Crippen molar-refractivity contribution in [3.8, 4) is 5.75 Å². The SMILES string of the molecule is Cc1ccc(S(=O)(=O)N2CCN(C(=O)C3=Cc4ccccc4OC3)CC2)cc1. The Balaban J connectivity index is 1.44. The topological polar surface area (TPSA) is 66.9 Å². The third kappa shape index (κ3) is 3.55. The molecule has 2 aliphatic heterocycles. The van der Waals surface area contributed by atoms with E-state index in [9.17, 15) is 13.2 Å². The molecule has 2 aromatic carbocycles. The maximum Gasteiger partial charge on any atom is 0.253 e. The summed E-state index contributed by atoms with van der Waals surface area (Å²) in [6.07, 6.45) is 1.86. The smallest absolute Gasteiger partial charge is 0.253 e. The molecule has 146 valence electrons. The van der Waals surface area contributed by atoms with Gasteiger partial charge in [0.15, 0.2) is 0 Å². The number of fused-ring (bicyclic) bond motifs is 1. The summed E-state index contributed by atoms with van der Waals surface area (Å²) in [7, 11) is -3.54. The van der Waals surface area contributed by atoms with Gasteiger partial charge in [-0.25, -0.2) is 8.42 Å². The number of carbonyl (C=O) groups excluding carboxylic acids is 1. The second-order valence-electron chi connectivity index (χ2n) is 7.01. The van der Waals surface area contributed by atoms with Crippen LogP contribution < -0.4 is 4.74 Å². The Labute approximate surface area is 165 Å². The molecule has 0 saturated carbocycles. The zero-order chi connectivity index (χ0) is 19.7. The van der Waals surface area contributed by atoms with Gasteiger partial charge in [-0.15, -0.1) is 0 Å². The first-order valence-corrected chi connectivity index (χ1v) is 10.7. The van der Waals surface area contributed by atoms with Crippen LogP contribution in [0.4, 0.5) is 0 Å². The number of rotatable bonds is 3. The summed E-state index contributed by atoms with van der Waals surface area (Å²) in [6, 6.07) is 14.4. The van der Waals surface area contributed by atoms with Crippen molar-refractivity contribution < 1.29 is 17.9 Å². The summed E-state index contributed by atoms with van der Waals surface area (Å²) in [5, 5.41) is 0. The molecular formula is C21H22N2O4S. The predicted octanol–water partition coefficient (Wildman–Crippen LogP) is 2.30. The fraction of sp³-hybridized carbons (Fsp3) is 0.286. The number of para-hydroxylation sites is 1. The van der Waals surface area contributed by atoms with E-state index in [0.717, 1.165) is 16.9 Å². The summed E-state index contributed by atoms with van der Waals surface area (Å²) in [6.45, 7) is 3.45. The van der Waals surface area contributed by atoms with Crippen molar-refractivity contribution >= 4 is 22.0 Å². The van der Waals surface area contributed by atoms with E-state index in [1.807, 2.05) is 37.3 Å². The molecule has 1 fully saturated rings. The van der Waals surface area contributed by atoms with Gasteiger partial charge in [-0.1, -0.05) is 35.9 Å². The average Bonchev–Trinajstić information content (AvgIpc) is 2.73. The Morgan fingerprint density at radius 2 is 1.64 bits per heavy atom. The summed E-state index contributed by atoms with van der Waals surface area (Å²) >= 11 is 0. The summed E-state index contributed by atoms with van der Waals surface area (Å²) < 4.78 is 32.7. The molecule has 1 saturated heterocycles. The van der Waals surface area contributed by atoms with E-state index in [0.29, 0.717) is 18.7 Å². The van der Waals surface area contributed by atoms with Crippen LogP contribution in [-0.2, 0) is 14.8 Å². The van der Waals surface area contributed by atoms with Crippen molar-refractivity contribution in [2.24, 2.45) is 0 Å². The van der Waals surface area contributed by atoms with Crippen LogP contribution in [0.5, 0.6) is 5.75 Å². The lowest BCUT2D eigenvalue weighted by atomic mass is 10.1. The first-order chi connectivity index (χ1) is 13.4. The van der Waals surface area contributed by atoms with E-state index in [1.165, 1.54) is 4.31 Å². The molecule has 0 aliphatic carbocycles. The lowest BCUT2D eigenvalue weighted by Gasteiger charge is -2.34. The molecule has 4 rings (SSSR count). The molecule has 0 radical (unpaired) electrons. The second-order valence-corrected chi connectivity index (χ2v) is 8.94. The minimum absolute atomic E-state index is 0.0955.